The average Bonchev–Trinajstić information content (AvgIpc) is 3.33. The van der Waals surface area contributed by atoms with Crippen LogP contribution < -0.4 is 14.2 Å². The number of rotatable bonds is 10. The first-order valence-corrected chi connectivity index (χ1v) is 15.3. The van der Waals surface area contributed by atoms with E-state index in [1.165, 1.54) is 16.7 Å². The minimum atomic E-state index is 0.0572. The number of carbonyl (C=O) groups excluding carboxylic acids is 1. The first-order valence-electron chi connectivity index (χ1n) is 15.3. The molecule has 0 bridgehead atoms. The van der Waals surface area contributed by atoms with E-state index in [-0.39, 0.29) is 17.7 Å². The molecule has 3 aliphatic rings. The summed E-state index contributed by atoms with van der Waals surface area (Å²) in [6, 6.07) is 21.0. The molecule has 2 atom stereocenters. The smallest absolute Gasteiger partial charge is 0.166 e. The lowest BCUT2D eigenvalue weighted by atomic mass is 9.85. The zero-order chi connectivity index (χ0) is 29.1. The number of hydrogen-bond donors (Lipinski definition) is 0. The number of nitrogens with zero attached hydrogens (tertiary/aromatic N) is 2. The SMILES string of the molecule is COc1ccc2c(c1)C=CN(C(C)COc1cc3c(cc1OC)CC(CC1CCN(Cc4ccccc4)CC1)C3=O)C2. The molecular formula is C36H42N2O4. The standard InChI is InChI=1S/C36H42N2O4/c1-25(38-16-13-28-19-32(40-2)10-9-29(28)23-38)24-42-35-21-33-30(20-34(35)41-3)18-31(36(33)39)17-26-11-14-37(15-12-26)22-27-7-5-4-6-8-27/h4-10,13,16,19-21,25-26,31H,11-12,14-15,17-18,22-24H2,1-3H3. The van der Waals surface area contributed by atoms with Gasteiger partial charge >= 0.3 is 0 Å². The normalized spacial score (nSPS) is 19.4. The van der Waals surface area contributed by atoms with Crippen molar-refractivity contribution < 1.29 is 19.0 Å². The lowest BCUT2D eigenvalue weighted by molar-refractivity contribution is 0.0895. The van der Waals surface area contributed by atoms with Crippen LogP contribution in [0.4, 0.5) is 0 Å². The van der Waals surface area contributed by atoms with E-state index in [0.717, 1.165) is 68.7 Å². The highest BCUT2D eigenvalue weighted by atomic mass is 16.5. The van der Waals surface area contributed by atoms with Crippen LogP contribution in [-0.2, 0) is 19.5 Å². The van der Waals surface area contributed by atoms with Crippen LogP contribution in [0.1, 0.15) is 58.8 Å². The zero-order valence-corrected chi connectivity index (χ0v) is 25.1. The number of benzene rings is 3. The Labute approximate surface area is 249 Å². The van der Waals surface area contributed by atoms with Gasteiger partial charge in [0.05, 0.1) is 20.3 Å². The Kier molecular flexibility index (Phi) is 8.52. The number of likely N-dealkylation sites (tertiary alicyclic amines) is 1. The second kappa shape index (κ2) is 12.6. The largest absolute Gasteiger partial charge is 0.497 e. The minimum Gasteiger partial charge on any atom is -0.497 e. The van der Waals surface area contributed by atoms with Crippen LogP contribution in [0.15, 0.2) is 66.9 Å². The predicted molar refractivity (Wildman–Crippen MR) is 166 cm³/mol. The fourth-order valence-corrected chi connectivity index (χ4v) is 6.70. The molecule has 2 heterocycles. The van der Waals surface area contributed by atoms with Crippen LogP contribution >= 0.6 is 0 Å². The van der Waals surface area contributed by atoms with Crippen molar-refractivity contribution in [1.29, 1.82) is 0 Å². The second-order valence-corrected chi connectivity index (χ2v) is 12.1. The maximum atomic E-state index is 13.5. The fraction of sp³-hybridized carbons (Fsp3) is 0.417. The van der Waals surface area contributed by atoms with Gasteiger partial charge in [-0.1, -0.05) is 36.4 Å². The molecule has 0 radical (unpaired) electrons. The molecule has 6 rings (SSSR count). The van der Waals surface area contributed by atoms with Gasteiger partial charge in [0.25, 0.3) is 0 Å². The number of piperidine rings is 1. The van der Waals surface area contributed by atoms with Gasteiger partial charge in [-0.15, -0.1) is 0 Å². The van der Waals surface area contributed by atoms with Gasteiger partial charge in [0.1, 0.15) is 12.4 Å². The molecule has 6 nitrogen and oxygen atoms in total. The lowest BCUT2D eigenvalue weighted by Crippen LogP contribution is -2.34. The first kappa shape index (κ1) is 28.4. The second-order valence-electron chi connectivity index (χ2n) is 12.1. The van der Waals surface area contributed by atoms with Crippen molar-refractivity contribution in [2.75, 3.05) is 33.9 Å². The highest BCUT2D eigenvalue weighted by Crippen LogP contribution is 2.40. The van der Waals surface area contributed by atoms with Gasteiger partial charge in [-0.2, -0.15) is 0 Å². The van der Waals surface area contributed by atoms with Crippen molar-refractivity contribution in [1.82, 2.24) is 9.80 Å². The molecule has 2 aliphatic heterocycles. The molecule has 3 aromatic rings. The van der Waals surface area contributed by atoms with Crippen LogP contribution in [0.5, 0.6) is 17.2 Å². The fourth-order valence-electron chi connectivity index (χ4n) is 6.70. The maximum Gasteiger partial charge on any atom is 0.166 e. The van der Waals surface area contributed by atoms with Crippen molar-refractivity contribution in [3.05, 3.63) is 94.7 Å². The van der Waals surface area contributed by atoms with Crippen LogP contribution in [0.2, 0.25) is 0 Å². The number of Topliss-reactive ketones (excluding diaryl/α,β-unsaturated/α-hetero) is 1. The topological polar surface area (TPSA) is 51.2 Å². The zero-order valence-electron chi connectivity index (χ0n) is 25.1. The Bertz CT molecular complexity index is 1430. The summed E-state index contributed by atoms with van der Waals surface area (Å²) in [5.41, 5.74) is 5.72. The lowest BCUT2D eigenvalue weighted by Gasteiger charge is -2.32. The molecular weight excluding hydrogens is 524 g/mol. The molecule has 42 heavy (non-hydrogen) atoms. The van der Waals surface area contributed by atoms with E-state index in [1.807, 2.05) is 18.2 Å². The minimum absolute atomic E-state index is 0.0572. The van der Waals surface area contributed by atoms with E-state index < -0.39 is 0 Å². The third kappa shape index (κ3) is 6.19. The van der Waals surface area contributed by atoms with Gasteiger partial charge in [0, 0.05) is 30.8 Å². The number of methoxy groups -OCH3 is 2. The highest BCUT2D eigenvalue weighted by molar-refractivity contribution is 6.02. The van der Waals surface area contributed by atoms with Gasteiger partial charge in [-0.05, 0) is 104 Å². The quantitative estimate of drug-likeness (QED) is 0.275. The number of fused-ring (bicyclic) bond motifs is 2. The molecule has 0 aromatic heterocycles. The third-order valence-electron chi connectivity index (χ3n) is 9.26. The molecule has 220 valence electrons. The summed E-state index contributed by atoms with van der Waals surface area (Å²) in [5, 5.41) is 0. The van der Waals surface area contributed by atoms with Crippen molar-refractivity contribution >= 4 is 11.9 Å². The van der Waals surface area contributed by atoms with Gasteiger partial charge in [-0.3, -0.25) is 9.69 Å². The molecule has 0 N–H and O–H groups in total. The van der Waals surface area contributed by atoms with Crippen LogP contribution in [-0.4, -0.2) is 55.5 Å². The molecule has 6 heteroatoms. The summed E-state index contributed by atoms with van der Waals surface area (Å²) in [6.07, 6.45) is 8.33. The Balaban J connectivity index is 1.04. The van der Waals surface area contributed by atoms with Gasteiger partial charge in [0.15, 0.2) is 17.3 Å². The van der Waals surface area contributed by atoms with Crippen LogP contribution in [0, 0.1) is 11.8 Å². The van der Waals surface area contributed by atoms with E-state index in [1.54, 1.807) is 14.2 Å². The number of ketones is 1. The molecule has 1 fully saturated rings. The summed E-state index contributed by atoms with van der Waals surface area (Å²) < 4.78 is 17.4. The monoisotopic (exact) mass is 566 g/mol. The van der Waals surface area contributed by atoms with E-state index in [0.29, 0.717) is 24.0 Å². The first-order chi connectivity index (χ1) is 20.5. The number of ether oxygens (including phenoxy) is 3. The van der Waals surface area contributed by atoms with Crippen molar-refractivity contribution in [3.8, 4) is 17.2 Å². The number of hydrogen-bond acceptors (Lipinski definition) is 6. The van der Waals surface area contributed by atoms with E-state index in [2.05, 4.69) is 71.5 Å². The van der Waals surface area contributed by atoms with E-state index >= 15 is 0 Å². The Morgan fingerprint density at radius 3 is 2.50 bits per heavy atom. The summed E-state index contributed by atoms with van der Waals surface area (Å²) in [6.45, 7) is 6.67. The molecule has 1 saturated heterocycles. The number of carbonyl (C=O) groups is 1. The van der Waals surface area contributed by atoms with Crippen molar-refractivity contribution in [3.63, 3.8) is 0 Å². The third-order valence-corrected chi connectivity index (χ3v) is 9.26. The average molecular weight is 567 g/mol. The molecule has 3 aromatic carbocycles. The predicted octanol–water partition coefficient (Wildman–Crippen LogP) is 6.61. The Morgan fingerprint density at radius 1 is 0.929 bits per heavy atom. The summed E-state index contributed by atoms with van der Waals surface area (Å²) in [7, 11) is 3.37. The summed E-state index contributed by atoms with van der Waals surface area (Å²) in [4.78, 5) is 18.4. The van der Waals surface area contributed by atoms with Gasteiger partial charge in [0.2, 0.25) is 0 Å². The summed E-state index contributed by atoms with van der Waals surface area (Å²) in [5.74, 6) is 3.15. The maximum absolute atomic E-state index is 13.5. The van der Waals surface area contributed by atoms with Gasteiger partial charge < -0.3 is 19.1 Å². The van der Waals surface area contributed by atoms with Crippen molar-refractivity contribution in [2.45, 2.75) is 51.7 Å². The molecule has 0 saturated carbocycles. The molecule has 0 amide bonds. The van der Waals surface area contributed by atoms with Crippen molar-refractivity contribution in [2.24, 2.45) is 11.8 Å². The van der Waals surface area contributed by atoms with Crippen LogP contribution in [0.25, 0.3) is 6.08 Å². The van der Waals surface area contributed by atoms with E-state index in [4.69, 9.17) is 14.2 Å². The highest BCUT2D eigenvalue weighted by Gasteiger charge is 2.34. The van der Waals surface area contributed by atoms with Crippen LogP contribution in [0.3, 0.4) is 0 Å². The Hall–Kier alpha value is -3.77. The molecule has 0 spiro atoms. The summed E-state index contributed by atoms with van der Waals surface area (Å²) >= 11 is 0. The molecule has 2 unspecified atom stereocenters. The van der Waals surface area contributed by atoms with Gasteiger partial charge in [-0.25, -0.2) is 0 Å². The Morgan fingerprint density at radius 2 is 1.74 bits per heavy atom. The molecule has 1 aliphatic carbocycles. The van der Waals surface area contributed by atoms with E-state index in [9.17, 15) is 4.79 Å².